The molecule has 1 amide bonds. The van der Waals surface area contributed by atoms with Crippen molar-refractivity contribution in [3.63, 3.8) is 0 Å². The second-order valence-corrected chi connectivity index (χ2v) is 4.50. The Kier molecular flexibility index (Phi) is 3.79. The summed E-state index contributed by atoms with van der Waals surface area (Å²) in [6, 6.07) is 13.2. The Labute approximate surface area is 116 Å². The summed E-state index contributed by atoms with van der Waals surface area (Å²) in [4.78, 5) is 23.9. The van der Waals surface area contributed by atoms with Gasteiger partial charge in [0.25, 0.3) is 11.6 Å². The molecule has 0 fully saturated rings. The van der Waals surface area contributed by atoms with Crippen LogP contribution in [0.5, 0.6) is 0 Å². The van der Waals surface area contributed by atoms with Crippen molar-refractivity contribution in [2.24, 2.45) is 0 Å². The maximum absolute atomic E-state index is 12.3. The summed E-state index contributed by atoms with van der Waals surface area (Å²) in [5.41, 5.74) is 2.28. The zero-order valence-electron chi connectivity index (χ0n) is 11.2. The third kappa shape index (κ3) is 2.83. The molecule has 2 aromatic carbocycles. The highest BCUT2D eigenvalue weighted by Gasteiger charge is 2.14. The quantitative estimate of drug-likeness (QED) is 0.635. The lowest BCUT2D eigenvalue weighted by molar-refractivity contribution is -0.384. The van der Waals surface area contributed by atoms with Crippen molar-refractivity contribution in [3.8, 4) is 0 Å². The number of hydrogen-bond acceptors (Lipinski definition) is 3. The molecular weight excluding hydrogens is 256 g/mol. The fourth-order valence-corrected chi connectivity index (χ4v) is 1.80. The smallest absolute Gasteiger partial charge is 0.269 e. The van der Waals surface area contributed by atoms with Gasteiger partial charge in [0.15, 0.2) is 0 Å². The first-order valence-electron chi connectivity index (χ1n) is 6.08. The Hall–Kier alpha value is -2.69. The predicted molar refractivity (Wildman–Crippen MR) is 77.0 cm³/mol. The summed E-state index contributed by atoms with van der Waals surface area (Å²) in [6.07, 6.45) is 0. The van der Waals surface area contributed by atoms with Gasteiger partial charge in [0.05, 0.1) is 4.92 Å². The van der Waals surface area contributed by atoms with Gasteiger partial charge in [0, 0.05) is 30.4 Å². The molecule has 0 N–H and O–H groups in total. The molecule has 0 heterocycles. The average molecular weight is 270 g/mol. The third-order valence-electron chi connectivity index (χ3n) is 3.05. The van der Waals surface area contributed by atoms with Crippen LogP contribution in [-0.4, -0.2) is 17.9 Å². The molecule has 5 nitrogen and oxygen atoms in total. The highest BCUT2D eigenvalue weighted by atomic mass is 16.6. The van der Waals surface area contributed by atoms with E-state index in [1.54, 1.807) is 7.05 Å². The summed E-state index contributed by atoms with van der Waals surface area (Å²) in [6.45, 7) is 1.97. The molecule has 0 unspecified atom stereocenters. The van der Waals surface area contributed by atoms with Gasteiger partial charge in [0.1, 0.15) is 0 Å². The lowest BCUT2D eigenvalue weighted by Crippen LogP contribution is -2.26. The summed E-state index contributed by atoms with van der Waals surface area (Å²) in [7, 11) is 1.68. The summed E-state index contributed by atoms with van der Waals surface area (Å²) < 4.78 is 0. The van der Waals surface area contributed by atoms with Crippen molar-refractivity contribution in [2.45, 2.75) is 6.92 Å². The molecule has 2 aromatic rings. The third-order valence-corrected chi connectivity index (χ3v) is 3.05. The Balaban J connectivity index is 2.22. The minimum absolute atomic E-state index is 0.0282. The monoisotopic (exact) mass is 270 g/mol. The topological polar surface area (TPSA) is 63.5 Å². The fourth-order valence-electron chi connectivity index (χ4n) is 1.80. The predicted octanol–water partition coefficient (Wildman–Crippen LogP) is 3.18. The van der Waals surface area contributed by atoms with Crippen LogP contribution in [0.15, 0.2) is 48.5 Å². The van der Waals surface area contributed by atoms with Gasteiger partial charge in [-0.3, -0.25) is 14.9 Å². The van der Waals surface area contributed by atoms with E-state index in [-0.39, 0.29) is 11.6 Å². The van der Waals surface area contributed by atoms with Crippen LogP contribution < -0.4 is 4.90 Å². The SMILES string of the molecule is Cc1ccc(N(C)C(=O)c2ccc([N+](=O)[O-])cc2)cc1. The van der Waals surface area contributed by atoms with Gasteiger partial charge < -0.3 is 4.90 Å². The normalized spacial score (nSPS) is 10.1. The van der Waals surface area contributed by atoms with Crippen LogP contribution in [0.4, 0.5) is 11.4 Å². The van der Waals surface area contributed by atoms with E-state index in [1.807, 2.05) is 31.2 Å². The van der Waals surface area contributed by atoms with Gasteiger partial charge in [0.2, 0.25) is 0 Å². The highest BCUT2D eigenvalue weighted by Crippen LogP contribution is 2.18. The van der Waals surface area contributed by atoms with E-state index in [0.29, 0.717) is 5.56 Å². The van der Waals surface area contributed by atoms with E-state index in [1.165, 1.54) is 29.2 Å². The number of amides is 1. The zero-order valence-corrected chi connectivity index (χ0v) is 11.2. The number of hydrogen-bond donors (Lipinski definition) is 0. The molecular formula is C15H14N2O3. The molecule has 0 aliphatic heterocycles. The minimum atomic E-state index is -0.488. The van der Waals surface area contributed by atoms with E-state index in [4.69, 9.17) is 0 Å². The van der Waals surface area contributed by atoms with Gasteiger partial charge in [-0.05, 0) is 31.2 Å². The molecule has 0 aliphatic rings. The van der Waals surface area contributed by atoms with Gasteiger partial charge in [-0.1, -0.05) is 17.7 Å². The molecule has 0 bridgehead atoms. The highest BCUT2D eigenvalue weighted by molar-refractivity contribution is 6.05. The number of carbonyl (C=O) groups excluding carboxylic acids is 1. The summed E-state index contributed by atoms with van der Waals surface area (Å²) in [5, 5.41) is 10.6. The number of anilines is 1. The average Bonchev–Trinajstić information content (AvgIpc) is 2.46. The van der Waals surface area contributed by atoms with E-state index < -0.39 is 4.92 Å². The number of non-ortho nitro benzene ring substituents is 1. The van der Waals surface area contributed by atoms with Crippen LogP contribution in [0.1, 0.15) is 15.9 Å². The van der Waals surface area contributed by atoms with E-state index in [2.05, 4.69) is 0 Å². The Morgan fingerprint density at radius 2 is 1.60 bits per heavy atom. The number of nitro benzene ring substituents is 1. The molecule has 0 atom stereocenters. The molecule has 5 heteroatoms. The van der Waals surface area contributed by atoms with Crippen molar-refractivity contribution in [3.05, 3.63) is 69.8 Å². The molecule has 0 aromatic heterocycles. The van der Waals surface area contributed by atoms with Crippen molar-refractivity contribution in [1.29, 1.82) is 0 Å². The number of nitro groups is 1. The largest absolute Gasteiger partial charge is 0.311 e. The molecule has 0 saturated carbocycles. The van der Waals surface area contributed by atoms with Crippen molar-refractivity contribution in [1.82, 2.24) is 0 Å². The molecule has 20 heavy (non-hydrogen) atoms. The number of nitrogens with zero attached hydrogens (tertiary/aromatic N) is 2. The Morgan fingerprint density at radius 1 is 1.05 bits per heavy atom. The van der Waals surface area contributed by atoms with Crippen molar-refractivity contribution < 1.29 is 9.72 Å². The molecule has 0 radical (unpaired) electrons. The molecule has 0 aliphatic carbocycles. The number of benzene rings is 2. The van der Waals surface area contributed by atoms with Crippen LogP contribution in [0, 0.1) is 17.0 Å². The number of carbonyl (C=O) groups is 1. The minimum Gasteiger partial charge on any atom is -0.311 e. The zero-order chi connectivity index (χ0) is 14.7. The summed E-state index contributed by atoms with van der Waals surface area (Å²) >= 11 is 0. The Morgan fingerprint density at radius 3 is 2.10 bits per heavy atom. The lowest BCUT2D eigenvalue weighted by Gasteiger charge is -2.17. The lowest BCUT2D eigenvalue weighted by atomic mass is 10.1. The number of aryl methyl sites for hydroxylation is 1. The molecule has 102 valence electrons. The first kappa shape index (κ1) is 13.7. The second kappa shape index (κ2) is 5.52. The van der Waals surface area contributed by atoms with Crippen LogP contribution in [0.25, 0.3) is 0 Å². The van der Waals surface area contributed by atoms with Crippen LogP contribution in [0.3, 0.4) is 0 Å². The number of rotatable bonds is 3. The van der Waals surface area contributed by atoms with Gasteiger partial charge in [-0.25, -0.2) is 0 Å². The standard InChI is InChI=1S/C15H14N2O3/c1-11-3-7-13(8-4-11)16(2)15(18)12-5-9-14(10-6-12)17(19)20/h3-10H,1-2H3. The van der Waals surface area contributed by atoms with Gasteiger partial charge in [-0.2, -0.15) is 0 Å². The maximum Gasteiger partial charge on any atom is 0.269 e. The van der Waals surface area contributed by atoms with Crippen molar-refractivity contribution in [2.75, 3.05) is 11.9 Å². The van der Waals surface area contributed by atoms with Crippen molar-refractivity contribution >= 4 is 17.3 Å². The van der Waals surface area contributed by atoms with Crippen LogP contribution in [-0.2, 0) is 0 Å². The Bertz CT molecular complexity index is 633. The molecule has 0 saturated heterocycles. The van der Waals surface area contributed by atoms with Crippen LogP contribution >= 0.6 is 0 Å². The van der Waals surface area contributed by atoms with E-state index in [9.17, 15) is 14.9 Å². The molecule has 2 rings (SSSR count). The van der Waals surface area contributed by atoms with E-state index >= 15 is 0 Å². The maximum atomic E-state index is 12.3. The fraction of sp³-hybridized carbons (Fsp3) is 0.133. The molecule has 0 spiro atoms. The van der Waals surface area contributed by atoms with Crippen LogP contribution in [0.2, 0.25) is 0 Å². The first-order valence-corrected chi connectivity index (χ1v) is 6.08. The van der Waals surface area contributed by atoms with Gasteiger partial charge >= 0.3 is 0 Å². The first-order chi connectivity index (χ1) is 9.49. The summed E-state index contributed by atoms with van der Waals surface area (Å²) in [5.74, 6) is -0.205. The van der Waals surface area contributed by atoms with Gasteiger partial charge in [-0.15, -0.1) is 0 Å². The second-order valence-electron chi connectivity index (χ2n) is 4.50. The van der Waals surface area contributed by atoms with E-state index in [0.717, 1.165) is 11.3 Å².